The Bertz CT molecular complexity index is 772. The zero-order chi connectivity index (χ0) is 18.6. The van der Waals surface area contributed by atoms with E-state index in [2.05, 4.69) is 5.32 Å². The van der Waals surface area contributed by atoms with Gasteiger partial charge in [0, 0.05) is 18.4 Å². The van der Waals surface area contributed by atoms with E-state index in [0.29, 0.717) is 0 Å². The van der Waals surface area contributed by atoms with Gasteiger partial charge in [-0.3, -0.25) is 9.59 Å². The Kier molecular flexibility index (Phi) is 5.91. The molecule has 0 saturated heterocycles. The summed E-state index contributed by atoms with van der Waals surface area (Å²) in [6.07, 6.45) is -0.377. The van der Waals surface area contributed by atoms with Gasteiger partial charge in [-0.25, -0.2) is 4.39 Å². The number of rotatable bonds is 6. The average molecular weight is 343 g/mol. The number of hydrogen-bond acceptors (Lipinski definition) is 3. The molecule has 0 heterocycles. The molecule has 0 saturated carbocycles. The first-order valence-corrected chi connectivity index (χ1v) is 8.16. The zero-order valence-corrected chi connectivity index (χ0v) is 14.8. The van der Waals surface area contributed by atoms with Crippen LogP contribution in [0.25, 0.3) is 0 Å². The lowest BCUT2D eigenvalue weighted by molar-refractivity contribution is -0.114. The maximum absolute atomic E-state index is 14.5. The zero-order valence-electron chi connectivity index (χ0n) is 14.8. The van der Waals surface area contributed by atoms with Gasteiger partial charge in [0.1, 0.15) is 17.5 Å². The third-order valence-electron chi connectivity index (χ3n) is 3.74. The number of amides is 1. The Balaban J connectivity index is 2.44. The molecule has 2 rings (SSSR count). The van der Waals surface area contributed by atoms with Crippen LogP contribution in [0.15, 0.2) is 42.5 Å². The smallest absolute Gasteiger partial charge is 0.221 e. The van der Waals surface area contributed by atoms with E-state index in [9.17, 15) is 14.0 Å². The molecule has 0 aromatic heterocycles. The highest BCUT2D eigenvalue weighted by molar-refractivity contribution is 5.99. The molecule has 25 heavy (non-hydrogen) atoms. The van der Waals surface area contributed by atoms with Crippen molar-refractivity contribution in [2.24, 2.45) is 5.92 Å². The number of halogens is 1. The summed E-state index contributed by atoms with van der Waals surface area (Å²) >= 11 is 0. The fraction of sp³-hybridized carbons (Fsp3) is 0.300. The molecule has 2 aromatic rings. The molecule has 1 atom stereocenters. The third kappa shape index (κ3) is 4.66. The molecule has 0 unspecified atom stereocenters. The molecule has 132 valence electrons. The summed E-state index contributed by atoms with van der Waals surface area (Å²) in [6, 6.07) is 12.0. The SMILES string of the molecule is CC(=O)Nc1c(F)cc(C(=O)C(C)C)cc1O[C@@H](C)c1ccccc1. The lowest BCUT2D eigenvalue weighted by atomic mass is 10.00. The monoisotopic (exact) mass is 343 g/mol. The highest BCUT2D eigenvalue weighted by atomic mass is 19.1. The van der Waals surface area contributed by atoms with Gasteiger partial charge in [-0.1, -0.05) is 44.2 Å². The molecule has 1 amide bonds. The summed E-state index contributed by atoms with van der Waals surface area (Å²) in [5, 5.41) is 2.44. The van der Waals surface area contributed by atoms with Gasteiger partial charge >= 0.3 is 0 Å². The molecule has 2 aromatic carbocycles. The number of ketones is 1. The number of hydrogen-bond donors (Lipinski definition) is 1. The van der Waals surface area contributed by atoms with Crippen molar-refractivity contribution < 1.29 is 18.7 Å². The van der Waals surface area contributed by atoms with Gasteiger partial charge in [-0.15, -0.1) is 0 Å². The maximum Gasteiger partial charge on any atom is 0.221 e. The molecule has 5 heteroatoms. The number of nitrogens with one attached hydrogen (secondary N) is 1. The second-order valence-corrected chi connectivity index (χ2v) is 6.20. The molecule has 4 nitrogen and oxygen atoms in total. The Morgan fingerprint density at radius 1 is 1.08 bits per heavy atom. The molecular weight excluding hydrogens is 321 g/mol. The first-order valence-electron chi connectivity index (χ1n) is 8.16. The Morgan fingerprint density at radius 3 is 2.28 bits per heavy atom. The van der Waals surface area contributed by atoms with E-state index in [-0.39, 0.29) is 34.8 Å². The maximum atomic E-state index is 14.5. The van der Waals surface area contributed by atoms with Crippen molar-refractivity contribution in [2.75, 3.05) is 5.32 Å². The van der Waals surface area contributed by atoms with Gasteiger partial charge in [0.15, 0.2) is 11.6 Å². The van der Waals surface area contributed by atoms with Crippen LogP contribution in [-0.2, 0) is 4.79 Å². The van der Waals surface area contributed by atoms with E-state index in [4.69, 9.17) is 4.74 Å². The molecule has 0 spiro atoms. The van der Waals surface area contributed by atoms with Crippen LogP contribution in [-0.4, -0.2) is 11.7 Å². The van der Waals surface area contributed by atoms with E-state index < -0.39 is 11.7 Å². The number of Topliss-reactive ketones (excluding diaryl/α,β-unsaturated/α-hetero) is 1. The van der Waals surface area contributed by atoms with Crippen molar-refractivity contribution >= 4 is 17.4 Å². The second kappa shape index (κ2) is 7.92. The predicted octanol–water partition coefficient (Wildman–Crippen LogP) is 4.76. The van der Waals surface area contributed by atoms with Crippen molar-refractivity contribution in [1.82, 2.24) is 0 Å². The van der Waals surface area contributed by atoms with Crippen LogP contribution >= 0.6 is 0 Å². The van der Waals surface area contributed by atoms with Crippen molar-refractivity contribution in [3.8, 4) is 5.75 Å². The Morgan fingerprint density at radius 2 is 1.72 bits per heavy atom. The summed E-state index contributed by atoms with van der Waals surface area (Å²) in [7, 11) is 0. The summed E-state index contributed by atoms with van der Waals surface area (Å²) in [6.45, 7) is 6.60. The van der Waals surface area contributed by atoms with Gasteiger partial charge in [0.25, 0.3) is 0 Å². The minimum atomic E-state index is -0.697. The van der Waals surface area contributed by atoms with Gasteiger partial charge in [0.05, 0.1) is 0 Å². The van der Waals surface area contributed by atoms with Gasteiger partial charge < -0.3 is 10.1 Å². The minimum absolute atomic E-state index is 0.0596. The number of carbonyl (C=O) groups is 2. The molecular formula is C20H22FNO3. The number of anilines is 1. The van der Waals surface area contributed by atoms with Crippen LogP contribution < -0.4 is 10.1 Å². The molecule has 0 fully saturated rings. The van der Waals surface area contributed by atoms with Gasteiger partial charge in [-0.2, -0.15) is 0 Å². The van der Waals surface area contributed by atoms with E-state index in [0.717, 1.165) is 11.6 Å². The number of benzene rings is 2. The van der Waals surface area contributed by atoms with Crippen LogP contribution in [0.2, 0.25) is 0 Å². The third-order valence-corrected chi connectivity index (χ3v) is 3.74. The van der Waals surface area contributed by atoms with Crippen molar-refractivity contribution in [3.63, 3.8) is 0 Å². The van der Waals surface area contributed by atoms with Crippen LogP contribution in [0, 0.1) is 11.7 Å². The molecule has 1 N–H and O–H groups in total. The fourth-order valence-corrected chi connectivity index (χ4v) is 2.43. The molecule has 0 radical (unpaired) electrons. The van der Waals surface area contributed by atoms with E-state index in [1.54, 1.807) is 13.8 Å². The normalized spacial score (nSPS) is 11.9. The van der Waals surface area contributed by atoms with Crippen LogP contribution in [0.5, 0.6) is 5.75 Å². The predicted molar refractivity (Wildman–Crippen MR) is 95.4 cm³/mol. The van der Waals surface area contributed by atoms with Crippen LogP contribution in [0.1, 0.15) is 49.7 Å². The summed E-state index contributed by atoms with van der Waals surface area (Å²) in [5.74, 6) is -1.44. The number of carbonyl (C=O) groups excluding carboxylic acids is 2. The first-order chi connectivity index (χ1) is 11.8. The van der Waals surface area contributed by atoms with E-state index >= 15 is 0 Å². The first kappa shape index (κ1) is 18.6. The molecule has 0 bridgehead atoms. The highest BCUT2D eigenvalue weighted by Crippen LogP contribution is 2.33. The number of ether oxygens (including phenoxy) is 1. The minimum Gasteiger partial charge on any atom is -0.484 e. The van der Waals surface area contributed by atoms with Crippen LogP contribution in [0.4, 0.5) is 10.1 Å². The standard InChI is InChI=1S/C20H22FNO3/c1-12(2)20(24)16-10-17(21)19(22-14(4)23)18(11-16)25-13(3)15-8-6-5-7-9-15/h5-13H,1-4H3,(H,22,23)/t13-/m0/s1. The fourth-order valence-electron chi connectivity index (χ4n) is 2.43. The summed E-state index contributed by atoms with van der Waals surface area (Å²) in [5.41, 5.74) is 1.06. The molecule has 0 aliphatic heterocycles. The van der Waals surface area contributed by atoms with Crippen molar-refractivity contribution in [3.05, 3.63) is 59.4 Å². The summed E-state index contributed by atoms with van der Waals surface area (Å²) in [4.78, 5) is 23.6. The van der Waals surface area contributed by atoms with E-state index in [1.807, 2.05) is 37.3 Å². The lowest BCUT2D eigenvalue weighted by Crippen LogP contribution is -2.14. The summed E-state index contributed by atoms with van der Waals surface area (Å²) < 4.78 is 20.4. The van der Waals surface area contributed by atoms with Crippen molar-refractivity contribution in [2.45, 2.75) is 33.8 Å². The van der Waals surface area contributed by atoms with Gasteiger partial charge in [0.2, 0.25) is 5.91 Å². The van der Waals surface area contributed by atoms with Crippen LogP contribution in [0.3, 0.4) is 0 Å². The lowest BCUT2D eigenvalue weighted by Gasteiger charge is -2.19. The largest absolute Gasteiger partial charge is 0.484 e. The van der Waals surface area contributed by atoms with Gasteiger partial charge in [-0.05, 0) is 24.6 Å². The van der Waals surface area contributed by atoms with Crippen molar-refractivity contribution in [1.29, 1.82) is 0 Å². The van der Waals surface area contributed by atoms with E-state index in [1.165, 1.54) is 13.0 Å². The quantitative estimate of drug-likeness (QED) is 0.769. The highest BCUT2D eigenvalue weighted by Gasteiger charge is 2.20. The molecule has 0 aliphatic rings. The second-order valence-electron chi connectivity index (χ2n) is 6.20. The Hall–Kier alpha value is -2.69. The average Bonchev–Trinajstić information content (AvgIpc) is 2.57. The topological polar surface area (TPSA) is 55.4 Å². The Labute approximate surface area is 147 Å². The molecule has 0 aliphatic carbocycles.